The van der Waals surface area contributed by atoms with Gasteiger partial charge in [0.2, 0.25) is 0 Å². The van der Waals surface area contributed by atoms with Gasteiger partial charge in [0, 0.05) is 18.0 Å². The second-order valence-corrected chi connectivity index (χ2v) is 10.6. The number of amides is 1. The van der Waals surface area contributed by atoms with Crippen LogP contribution >= 0.6 is 0 Å². The zero-order chi connectivity index (χ0) is 27.6. The van der Waals surface area contributed by atoms with Crippen LogP contribution in [0.3, 0.4) is 0 Å². The number of ether oxygens (including phenoxy) is 2. The predicted octanol–water partition coefficient (Wildman–Crippen LogP) is 9.12. The summed E-state index contributed by atoms with van der Waals surface area (Å²) in [6.45, 7) is 11.2. The van der Waals surface area contributed by atoms with Gasteiger partial charge in [0.25, 0.3) is 0 Å². The molecule has 0 atom stereocenters. The van der Waals surface area contributed by atoms with Crippen LogP contribution in [0, 0.1) is 0 Å². The third kappa shape index (κ3) is 13.2. The summed E-state index contributed by atoms with van der Waals surface area (Å²) in [5, 5.41) is 3.59. The summed E-state index contributed by atoms with van der Waals surface area (Å²) in [5.74, 6) is 0.845. The smallest absolute Gasteiger partial charge is 0.410 e. The third-order valence-corrected chi connectivity index (χ3v) is 5.98. The van der Waals surface area contributed by atoms with E-state index in [1.807, 2.05) is 75.4 Å². The van der Waals surface area contributed by atoms with E-state index in [0.717, 1.165) is 41.9 Å². The molecule has 0 aliphatic heterocycles. The van der Waals surface area contributed by atoms with Gasteiger partial charge < -0.3 is 9.47 Å². The molecule has 7 heteroatoms. The Morgan fingerprint density at radius 2 is 1.42 bits per heavy atom. The molecule has 2 rings (SSSR count). The van der Waals surface area contributed by atoms with Gasteiger partial charge in [0.15, 0.2) is 0 Å². The summed E-state index contributed by atoms with van der Waals surface area (Å²) in [6.07, 6.45) is 11.4. The van der Waals surface area contributed by atoms with E-state index in [0.29, 0.717) is 19.6 Å². The lowest BCUT2D eigenvalue weighted by Crippen LogP contribution is -2.36. The minimum Gasteiger partial charge on any atom is -0.494 e. The first-order valence-electron chi connectivity index (χ1n) is 13.7. The molecule has 0 saturated carbocycles. The monoisotopic (exact) mass is 520 g/mol. The highest BCUT2D eigenvalue weighted by Gasteiger charge is 2.22. The minimum atomic E-state index is -0.586. The molecular weight excluding hydrogens is 476 g/mol. The van der Waals surface area contributed by atoms with Gasteiger partial charge in [-0.15, -0.1) is 6.58 Å². The summed E-state index contributed by atoms with van der Waals surface area (Å²) >= 11 is 0. The van der Waals surface area contributed by atoms with E-state index in [9.17, 15) is 4.79 Å². The van der Waals surface area contributed by atoms with E-state index in [1.165, 1.54) is 38.5 Å². The number of allylic oxidation sites excluding steroid dienone is 1. The Labute approximate surface area is 228 Å². The zero-order valence-electron chi connectivity index (χ0n) is 23.4. The normalized spacial score (nSPS) is 10.9. The SMILES string of the molecule is C=CCCCCCCCCCOc1ccc(CN(Cc2ccc(CN=[N+]=[N-])cc2)C(=O)OC(C)(C)C)cc1. The Kier molecular flexibility index (Phi) is 13.9. The van der Waals surface area contributed by atoms with Crippen molar-refractivity contribution in [3.63, 3.8) is 0 Å². The van der Waals surface area contributed by atoms with E-state index in [-0.39, 0.29) is 6.09 Å². The fraction of sp³-hybridized carbons (Fsp3) is 0.516. The first-order valence-corrected chi connectivity index (χ1v) is 13.7. The molecule has 1 amide bonds. The minimum absolute atomic E-state index is 0.303. The van der Waals surface area contributed by atoms with E-state index in [4.69, 9.17) is 15.0 Å². The van der Waals surface area contributed by atoms with Crippen LogP contribution in [0.15, 0.2) is 66.3 Å². The maximum Gasteiger partial charge on any atom is 0.410 e. The van der Waals surface area contributed by atoms with E-state index < -0.39 is 5.60 Å². The molecule has 0 fully saturated rings. The van der Waals surface area contributed by atoms with Crippen LogP contribution < -0.4 is 4.74 Å². The molecule has 0 radical (unpaired) electrons. The first-order chi connectivity index (χ1) is 18.3. The number of nitrogens with zero attached hydrogens (tertiary/aromatic N) is 4. The number of benzene rings is 2. The van der Waals surface area contributed by atoms with Crippen LogP contribution in [0.4, 0.5) is 4.79 Å². The average Bonchev–Trinajstić information content (AvgIpc) is 2.89. The first kappa shape index (κ1) is 30.8. The molecule has 0 N–H and O–H groups in total. The lowest BCUT2D eigenvalue weighted by molar-refractivity contribution is 0.0216. The maximum atomic E-state index is 13.0. The molecule has 2 aromatic rings. The number of rotatable bonds is 17. The predicted molar refractivity (Wildman–Crippen MR) is 154 cm³/mol. The lowest BCUT2D eigenvalue weighted by atomic mass is 10.1. The largest absolute Gasteiger partial charge is 0.494 e. The number of carbonyl (C=O) groups excluding carboxylic acids is 1. The highest BCUT2D eigenvalue weighted by molar-refractivity contribution is 5.68. The van der Waals surface area contributed by atoms with Gasteiger partial charge >= 0.3 is 6.09 Å². The highest BCUT2D eigenvalue weighted by atomic mass is 16.6. The van der Waals surface area contributed by atoms with Crippen LogP contribution in [0.25, 0.3) is 10.4 Å². The summed E-state index contributed by atoms with van der Waals surface area (Å²) in [7, 11) is 0. The molecule has 38 heavy (non-hydrogen) atoms. The molecule has 2 aromatic carbocycles. The van der Waals surface area contributed by atoms with Crippen LogP contribution in [0.2, 0.25) is 0 Å². The maximum absolute atomic E-state index is 13.0. The lowest BCUT2D eigenvalue weighted by Gasteiger charge is -2.27. The molecule has 206 valence electrons. The summed E-state index contributed by atoms with van der Waals surface area (Å²) in [4.78, 5) is 17.5. The van der Waals surface area contributed by atoms with E-state index in [1.54, 1.807) is 4.90 Å². The van der Waals surface area contributed by atoms with Crippen LogP contribution in [0.1, 0.15) is 88.8 Å². The molecule has 0 saturated heterocycles. The van der Waals surface area contributed by atoms with Gasteiger partial charge in [0.1, 0.15) is 11.4 Å². The van der Waals surface area contributed by atoms with Crippen molar-refractivity contribution in [2.75, 3.05) is 6.61 Å². The Balaban J connectivity index is 1.86. The number of hydrogen-bond donors (Lipinski definition) is 0. The second kappa shape index (κ2) is 17.1. The fourth-order valence-corrected chi connectivity index (χ4v) is 3.97. The van der Waals surface area contributed by atoms with Crippen molar-refractivity contribution in [1.82, 2.24) is 4.90 Å². The molecule has 0 aromatic heterocycles. The fourth-order valence-electron chi connectivity index (χ4n) is 3.97. The topological polar surface area (TPSA) is 87.5 Å². The van der Waals surface area contributed by atoms with Crippen molar-refractivity contribution in [2.45, 2.75) is 97.4 Å². The summed E-state index contributed by atoms with van der Waals surface area (Å²) in [5.41, 5.74) is 10.8. The molecule has 0 heterocycles. The van der Waals surface area contributed by atoms with E-state index >= 15 is 0 Å². The molecule has 0 aliphatic carbocycles. The van der Waals surface area contributed by atoms with Crippen molar-refractivity contribution in [1.29, 1.82) is 0 Å². The quantitative estimate of drug-likeness (QED) is 0.0685. The highest BCUT2D eigenvalue weighted by Crippen LogP contribution is 2.19. The second-order valence-electron chi connectivity index (χ2n) is 10.6. The van der Waals surface area contributed by atoms with Crippen LogP contribution in [0.5, 0.6) is 5.75 Å². The van der Waals surface area contributed by atoms with Gasteiger partial charge in [0.05, 0.1) is 13.2 Å². The number of hydrogen-bond acceptors (Lipinski definition) is 4. The Bertz CT molecular complexity index is 1010. The number of carbonyl (C=O) groups is 1. The molecule has 0 unspecified atom stereocenters. The number of azide groups is 1. The summed E-state index contributed by atoms with van der Waals surface area (Å²) in [6, 6.07) is 15.6. The van der Waals surface area contributed by atoms with Gasteiger partial charge in [-0.25, -0.2) is 4.79 Å². The number of unbranched alkanes of at least 4 members (excludes halogenated alkanes) is 7. The molecule has 0 spiro atoms. The third-order valence-electron chi connectivity index (χ3n) is 5.98. The van der Waals surface area contributed by atoms with E-state index in [2.05, 4.69) is 16.6 Å². The molecule has 0 bridgehead atoms. The molecule has 7 nitrogen and oxygen atoms in total. The van der Waals surface area contributed by atoms with Gasteiger partial charge in [-0.1, -0.05) is 79.7 Å². The van der Waals surface area contributed by atoms with Gasteiger partial charge in [-0.05, 0) is 74.4 Å². The zero-order valence-corrected chi connectivity index (χ0v) is 23.4. The average molecular weight is 521 g/mol. The molecule has 0 aliphatic rings. The van der Waals surface area contributed by atoms with Crippen molar-refractivity contribution in [3.05, 3.63) is 88.3 Å². The van der Waals surface area contributed by atoms with Crippen molar-refractivity contribution in [2.24, 2.45) is 5.11 Å². The standard InChI is InChI=1S/C31H44N4O3/c1-5-6-7-8-9-10-11-12-13-22-37-29-20-18-28(19-21-29)25-35(30(36)38-31(2,3)4)24-27-16-14-26(15-17-27)23-33-34-32/h5,14-21H,1,6-13,22-25H2,2-4H3. The van der Waals surface area contributed by atoms with Crippen molar-refractivity contribution in [3.8, 4) is 5.75 Å². The van der Waals surface area contributed by atoms with Crippen molar-refractivity contribution < 1.29 is 14.3 Å². The van der Waals surface area contributed by atoms with Gasteiger partial charge in [-0.2, -0.15) is 0 Å². The van der Waals surface area contributed by atoms with Crippen LogP contribution in [-0.2, 0) is 24.4 Å². The Morgan fingerprint density at radius 3 is 1.97 bits per heavy atom. The summed E-state index contributed by atoms with van der Waals surface area (Å²) < 4.78 is 11.6. The Morgan fingerprint density at radius 1 is 0.895 bits per heavy atom. The van der Waals surface area contributed by atoms with Gasteiger partial charge in [-0.3, -0.25) is 4.90 Å². The van der Waals surface area contributed by atoms with Crippen LogP contribution in [-0.4, -0.2) is 23.2 Å². The molecular formula is C31H44N4O3. The Hall–Kier alpha value is -3.44. The van der Waals surface area contributed by atoms with Crippen molar-refractivity contribution >= 4 is 6.09 Å².